The van der Waals surface area contributed by atoms with Crippen molar-refractivity contribution in [3.63, 3.8) is 0 Å². The van der Waals surface area contributed by atoms with Crippen molar-refractivity contribution in [2.75, 3.05) is 0 Å². The Balaban J connectivity index is 2.47. The molecule has 0 aromatic rings. The molecule has 0 aromatic carbocycles. The van der Waals surface area contributed by atoms with Crippen LogP contribution in [0.4, 0.5) is 4.79 Å². The third-order valence-corrected chi connectivity index (χ3v) is 3.34. The van der Waals surface area contributed by atoms with Gasteiger partial charge in [-0.1, -0.05) is 19.3 Å². The largest absolute Gasteiger partial charge is 0.481 e. The molecule has 1 saturated carbocycles. The summed E-state index contributed by atoms with van der Waals surface area (Å²) in [6.45, 7) is 3.31. The first-order valence-electron chi connectivity index (χ1n) is 6.79. The fourth-order valence-corrected chi connectivity index (χ4v) is 2.39. The number of amides is 2. The standard InChI is InChI=1S/C13H24N2O4/c1-13(2,8-11(17)18)15-12(19)14-9-6-4-3-5-7-10(9)16/h9-10,16H,3-8H2,1-2H3,(H,17,18)(H2,14,15,19). The quantitative estimate of drug-likeness (QED) is 0.578. The Morgan fingerprint density at radius 2 is 1.84 bits per heavy atom. The van der Waals surface area contributed by atoms with Gasteiger partial charge in [0.05, 0.1) is 18.6 Å². The third-order valence-electron chi connectivity index (χ3n) is 3.34. The Morgan fingerprint density at radius 3 is 2.47 bits per heavy atom. The summed E-state index contributed by atoms with van der Waals surface area (Å²) in [4.78, 5) is 22.5. The van der Waals surface area contributed by atoms with Gasteiger partial charge < -0.3 is 20.8 Å². The number of aliphatic carboxylic acids is 1. The van der Waals surface area contributed by atoms with Crippen molar-refractivity contribution in [3.8, 4) is 0 Å². The number of nitrogens with one attached hydrogen (secondary N) is 2. The van der Waals surface area contributed by atoms with Crippen molar-refractivity contribution < 1.29 is 19.8 Å². The summed E-state index contributed by atoms with van der Waals surface area (Å²) in [7, 11) is 0. The number of carboxylic acids is 1. The number of carbonyl (C=O) groups excluding carboxylic acids is 1. The molecule has 2 atom stereocenters. The summed E-state index contributed by atoms with van der Waals surface area (Å²) in [6, 6.07) is -0.666. The number of hydrogen-bond donors (Lipinski definition) is 4. The molecule has 0 bridgehead atoms. The first kappa shape index (κ1) is 15.8. The van der Waals surface area contributed by atoms with E-state index in [4.69, 9.17) is 5.11 Å². The highest BCUT2D eigenvalue weighted by Gasteiger charge is 2.27. The average molecular weight is 272 g/mol. The predicted molar refractivity (Wildman–Crippen MR) is 70.9 cm³/mol. The molecule has 0 aromatic heterocycles. The van der Waals surface area contributed by atoms with E-state index in [9.17, 15) is 14.7 Å². The topological polar surface area (TPSA) is 98.7 Å². The summed E-state index contributed by atoms with van der Waals surface area (Å²) in [6.07, 6.45) is 3.83. The van der Waals surface area contributed by atoms with Gasteiger partial charge in [0, 0.05) is 5.54 Å². The molecule has 0 spiro atoms. The van der Waals surface area contributed by atoms with E-state index in [2.05, 4.69) is 10.6 Å². The van der Waals surface area contributed by atoms with Crippen LogP contribution in [0.5, 0.6) is 0 Å². The van der Waals surface area contributed by atoms with Crippen molar-refractivity contribution in [3.05, 3.63) is 0 Å². The minimum atomic E-state index is -0.959. The van der Waals surface area contributed by atoms with E-state index in [1.807, 2.05) is 0 Å². The summed E-state index contributed by atoms with van der Waals surface area (Å²) in [5.74, 6) is -0.959. The Bertz CT molecular complexity index is 331. The van der Waals surface area contributed by atoms with E-state index < -0.39 is 23.6 Å². The number of carbonyl (C=O) groups is 2. The van der Waals surface area contributed by atoms with Crippen molar-refractivity contribution in [2.24, 2.45) is 0 Å². The van der Waals surface area contributed by atoms with E-state index in [1.54, 1.807) is 13.8 Å². The van der Waals surface area contributed by atoms with Gasteiger partial charge in [-0.05, 0) is 26.7 Å². The smallest absolute Gasteiger partial charge is 0.315 e. The molecule has 0 radical (unpaired) electrons. The highest BCUT2D eigenvalue weighted by atomic mass is 16.4. The molecule has 0 heterocycles. The fraction of sp³-hybridized carbons (Fsp3) is 0.846. The number of urea groups is 1. The molecule has 1 rings (SSSR count). The Morgan fingerprint density at radius 1 is 1.21 bits per heavy atom. The summed E-state index contributed by atoms with van der Waals surface area (Å²) >= 11 is 0. The number of carboxylic acid groups (broad SMARTS) is 1. The van der Waals surface area contributed by atoms with Crippen LogP contribution in [-0.4, -0.2) is 39.9 Å². The first-order valence-corrected chi connectivity index (χ1v) is 6.79. The molecule has 1 fully saturated rings. The second kappa shape index (κ2) is 6.75. The Hall–Kier alpha value is -1.30. The van der Waals surface area contributed by atoms with E-state index in [0.717, 1.165) is 25.7 Å². The molecule has 4 N–H and O–H groups in total. The molecule has 0 saturated heterocycles. The van der Waals surface area contributed by atoms with E-state index in [-0.39, 0.29) is 12.5 Å². The lowest BCUT2D eigenvalue weighted by Gasteiger charge is -2.27. The normalized spacial score (nSPS) is 24.4. The SMILES string of the molecule is CC(C)(CC(=O)O)NC(=O)NC1CCCCCC1O. The van der Waals surface area contributed by atoms with Gasteiger partial charge in [-0.3, -0.25) is 4.79 Å². The highest BCUT2D eigenvalue weighted by molar-refractivity contribution is 5.76. The van der Waals surface area contributed by atoms with Gasteiger partial charge in [0.2, 0.25) is 0 Å². The zero-order valence-electron chi connectivity index (χ0n) is 11.6. The maximum Gasteiger partial charge on any atom is 0.315 e. The molecule has 1 aliphatic rings. The van der Waals surface area contributed by atoms with Gasteiger partial charge in [-0.25, -0.2) is 4.79 Å². The van der Waals surface area contributed by atoms with E-state index in [1.165, 1.54) is 0 Å². The van der Waals surface area contributed by atoms with Crippen LogP contribution in [0.3, 0.4) is 0 Å². The molecule has 110 valence electrons. The Kier molecular flexibility index (Phi) is 5.60. The van der Waals surface area contributed by atoms with Crippen molar-refractivity contribution >= 4 is 12.0 Å². The van der Waals surface area contributed by atoms with Gasteiger partial charge >= 0.3 is 12.0 Å². The monoisotopic (exact) mass is 272 g/mol. The van der Waals surface area contributed by atoms with E-state index >= 15 is 0 Å². The minimum absolute atomic E-state index is 0.145. The molecular formula is C13H24N2O4. The van der Waals surface area contributed by atoms with Crippen molar-refractivity contribution in [1.82, 2.24) is 10.6 Å². The van der Waals surface area contributed by atoms with Gasteiger partial charge in [-0.15, -0.1) is 0 Å². The van der Waals surface area contributed by atoms with Crippen molar-refractivity contribution in [2.45, 2.75) is 70.1 Å². The maximum atomic E-state index is 11.8. The molecule has 2 amide bonds. The second-order valence-electron chi connectivity index (χ2n) is 5.86. The lowest BCUT2D eigenvalue weighted by Crippen LogP contribution is -2.53. The Labute approximate surface area is 113 Å². The number of rotatable bonds is 4. The van der Waals surface area contributed by atoms with Crippen LogP contribution in [0.15, 0.2) is 0 Å². The van der Waals surface area contributed by atoms with Gasteiger partial charge in [0.1, 0.15) is 0 Å². The number of aliphatic hydroxyl groups excluding tert-OH is 1. The minimum Gasteiger partial charge on any atom is -0.481 e. The average Bonchev–Trinajstić information content (AvgIpc) is 2.41. The summed E-state index contributed by atoms with van der Waals surface area (Å²) < 4.78 is 0. The van der Waals surface area contributed by atoms with Gasteiger partial charge in [0.25, 0.3) is 0 Å². The highest BCUT2D eigenvalue weighted by Crippen LogP contribution is 2.18. The molecular weight excluding hydrogens is 248 g/mol. The van der Waals surface area contributed by atoms with Crippen LogP contribution in [-0.2, 0) is 4.79 Å². The van der Waals surface area contributed by atoms with Crippen LogP contribution in [0, 0.1) is 0 Å². The zero-order valence-corrected chi connectivity index (χ0v) is 11.6. The molecule has 6 nitrogen and oxygen atoms in total. The van der Waals surface area contributed by atoms with Crippen LogP contribution < -0.4 is 10.6 Å². The van der Waals surface area contributed by atoms with Crippen LogP contribution in [0.2, 0.25) is 0 Å². The predicted octanol–water partition coefficient (Wildman–Crippen LogP) is 1.23. The van der Waals surface area contributed by atoms with Crippen LogP contribution >= 0.6 is 0 Å². The number of hydrogen-bond acceptors (Lipinski definition) is 3. The zero-order chi connectivity index (χ0) is 14.5. The maximum absolute atomic E-state index is 11.8. The van der Waals surface area contributed by atoms with E-state index in [0.29, 0.717) is 6.42 Å². The molecule has 6 heteroatoms. The lowest BCUT2D eigenvalue weighted by atomic mass is 10.0. The molecule has 2 unspecified atom stereocenters. The van der Waals surface area contributed by atoms with Crippen molar-refractivity contribution in [1.29, 1.82) is 0 Å². The molecule has 0 aliphatic heterocycles. The summed E-state index contributed by atoms with van der Waals surface area (Å²) in [5, 5.41) is 24.0. The molecule has 19 heavy (non-hydrogen) atoms. The second-order valence-corrected chi connectivity index (χ2v) is 5.86. The van der Waals surface area contributed by atoms with Crippen LogP contribution in [0.1, 0.15) is 52.4 Å². The third kappa shape index (κ3) is 5.92. The number of aliphatic hydroxyl groups is 1. The molecule has 1 aliphatic carbocycles. The summed E-state index contributed by atoms with van der Waals surface area (Å²) in [5.41, 5.74) is -0.814. The van der Waals surface area contributed by atoms with Crippen LogP contribution in [0.25, 0.3) is 0 Å². The van der Waals surface area contributed by atoms with Gasteiger partial charge in [-0.2, -0.15) is 0 Å². The van der Waals surface area contributed by atoms with Gasteiger partial charge in [0.15, 0.2) is 0 Å². The lowest BCUT2D eigenvalue weighted by molar-refractivity contribution is -0.138. The fourth-order valence-electron chi connectivity index (χ4n) is 2.39. The first-order chi connectivity index (χ1) is 8.80.